The van der Waals surface area contributed by atoms with Gasteiger partial charge in [0.05, 0.1) is 5.69 Å². The zero-order valence-electron chi connectivity index (χ0n) is 10.9. The van der Waals surface area contributed by atoms with Gasteiger partial charge in [0.2, 0.25) is 5.91 Å². The molecule has 1 fully saturated rings. The predicted molar refractivity (Wildman–Crippen MR) is 72.6 cm³/mol. The monoisotopic (exact) mass is 248 g/mol. The number of aromatic nitrogens is 1. The summed E-state index contributed by atoms with van der Waals surface area (Å²) in [5.41, 5.74) is 6.51. The summed E-state index contributed by atoms with van der Waals surface area (Å²) in [4.78, 5) is 18.1. The Morgan fingerprint density at radius 3 is 2.83 bits per heavy atom. The molecule has 0 unspecified atom stereocenters. The van der Waals surface area contributed by atoms with Gasteiger partial charge in [-0.1, -0.05) is 0 Å². The first-order valence-corrected chi connectivity index (χ1v) is 6.21. The summed E-state index contributed by atoms with van der Waals surface area (Å²) in [5, 5.41) is 2.89. The second-order valence-corrected chi connectivity index (χ2v) is 5.21. The Morgan fingerprint density at radius 2 is 2.28 bits per heavy atom. The first-order valence-electron chi connectivity index (χ1n) is 6.21. The molecule has 3 N–H and O–H groups in total. The van der Waals surface area contributed by atoms with Crippen molar-refractivity contribution < 1.29 is 4.79 Å². The van der Waals surface area contributed by atoms with Gasteiger partial charge in [0.25, 0.3) is 0 Å². The lowest BCUT2D eigenvalue weighted by Gasteiger charge is -2.37. The van der Waals surface area contributed by atoms with Crippen molar-refractivity contribution in [1.29, 1.82) is 0 Å². The fourth-order valence-electron chi connectivity index (χ4n) is 2.17. The Kier molecular flexibility index (Phi) is 3.52. The van der Waals surface area contributed by atoms with Crippen molar-refractivity contribution in [2.24, 2.45) is 5.73 Å². The number of hydrogen-bond acceptors (Lipinski definition) is 4. The molecule has 5 nitrogen and oxygen atoms in total. The second kappa shape index (κ2) is 4.94. The summed E-state index contributed by atoms with van der Waals surface area (Å²) in [6.07, 6.45) is 5.09. The van der Waals surface area contributed by atoms with Crippen molar-refractivity contribution in [3.8, 4) is 0 Å². The number of anilines is 2. The average Bonchev–Trinajstić information content (AvgIpc) is 2.27. The summed E-state index contributed by atoms with van der Waals surface area (Å²) >= 11 is 0. The van der Waals surface area contributed by atoms with E-state index in [4.69, 9.17) is 5.73 Å². The smallest absolute Gasteiger partial charge is 0.226 e. The van der Waals surface area contributed by atoms with Crippen molar-refractivity contribution in [2.45, 2.75) is 31.2 Å². The van der Waals surface area contributed by atoms with E-state index in [1.807, 2.05) is 31.1 Å². The van der Waals surface area contributed by atoms with Gasteiger partial charge in [0.1, 0.15) is 0 Å². The molecule has 2 rings (SSSR count). The molecule has 1 amide bonds. The molecule has 1 aliphatic rings. The molecule has 18 heavy (non-hydrogen) atoms. The third-order valence-corrected chi connectivity index (χ3v) is 3.35. The highest BCUT2D eigenvalue weighted by molar-refractivity contribution is 5.94. The van der Waals surface area contributed by atoms with Crippen LogP contribution in [0.25, 0.3) is 0 Å². The maximum Gasteiger partial charge on any atom is 0.226 e. The largest absolute Gasteiger partial charge is 0.361 e. The van der Waals surface area contributed by atoms with Gasteiger partial charge in [-0.15, -0.1) is 0 Å². The van der Waals surface area contributed by atoms with Crippen molar-refractivity contribution in [3.05, 3.63) is 18.3 Å². The zero-order valence-corrected chi connectivity index (χ0v) is 10.9. The van der Waals surface area contributed by atoms with E-state index in [-0.39, 0.29) is 11.4 Å². The first kappa shape index (κ1) is 12.8. The van der Waals surface area contributed by atoms with E-state index in [0.29, 0.717) is 6.42 Å². The van der Waals surface area contributed by atoms with E-state index in [1.165, 1.54) is 0 Å². The second-order valence-electron chi connectivity index (χ2n) is 5.21. The van der Waals surface area contributed by atoms with E-state index < -0.39 is 0 Å². The van der Waals surface area contributed by atoms with Gasteiger partial charge >= 0.3 is 0 Å². The topological polar surface area (TPSA) is 71.2 Å². The van der Waals surface area contributed by atoms with E-state index in [2.05, 4.69) is 10.3 Å². The molecule has 5 heteroatoms. The molecule has 1 saturated carbocycles. The number of nitrogens with zero attached hydrogens (tertiary/aromatic N) is 2. The Bertz CT molecular complexity index is 440. The fraction of sp³-hybridized carbons (Fsp3) is 0.538. The number of carbonyl (C=O) groups is 1. The quantitative estimate of drug-likeness (QED) is 0.844. The van der Waals surface area contributed by atoms with E-state index in [9.17, 15) is 4.79 Å². The van der Waals surface area contributed by atoms with Crippen LogP contribution in [0, 0.1) is 0 Å². The summed E-state index contributed by atoms with van der Waals surface area (Å²) < 4.78 is 0. The summed E-state index contributed by atoms with van der Waals surface area (Å²) in [6, 6.07) is 3.66. The molecule has 98 valence electrons. The number of nitrogens with two attached hydrogens (primary N) is 1. The molecule has 0 bridgehead atoms. The van der Waals surface area contributed by atoms with Gasteiger partial charge in [-0.05, 0) is 31.4 Å². The standard InChI is InChI=1S/C13H20N4O/c1-17(2)12-10(5-3-8-15-12)16-11(18)9-13(14)6-4-7-13/h3,5,8H,4,6-7,9,14H2,1-2H3,(H,16,18). The van der Waals surface area contributed by atoms with Gasteiger partial charge in [-0.25, -0.2) is 4.98 Å². The Hall–Kier alpha value is -1.62. The first-order chi connectivity index (χ1) is 8.50. The van der Waals surface area contributed by atoms with Crippen LogP contribution < -0.4 is 16.0 Å². The maximum absolute atomic E-state index is 12.0. The number of amides is 1. The van der Waals surface area contributed by atoms with Crippen LogP contribution in [-0.4, -0.2) is 30.5 Å². The molecule has 0 radical (unpaired) electrons. The lowest BCUT2D eigenvalue weighted by atomic mass is 9.75. The van der Waals surface area contributed by atoms with E-state index in [0.717, 1.165) is 30.8 Å². The number of pyridine rings is 1. The van der Waals surface area contributed by atoms with Crippen LogP contribution in [0.2, 0.25) is 0 Å². The highest BCUT2D eigenvalue weighted by atomic mass is 16.1. The van der Waals surface area contributed by atoms with Gasteiger partial charge in [0.15, 0.2) is 5.82 Å². The minimum Gasteiger partial charge on any atom is -0.361 e. The van der Waals surface area contributed by atoms with Gasteiger partial charge in [-0.2, -0.15) is 0 Å². The van der Waals surface area contributed by atoms with Crippen molar-refractivity contribution >= 4 is 17.4 Å². The summed E-state index contributed by atoms with van der Waals surface area (Å²) in [7, 11) is 3.79. The third-order valence-electron chi connectivity index (χ3n) is 3.35. The van der Waals surface area contributed by atoms with Crippen molar-refractivity contribution in [2.75, 3.05) is 24.3 Å². The maximum atomic E-state index is 12.0. The van der Waals surface area contributed by atoms with Crippen LogP contribution >= 0.6 is 0 Å². The third kappa shape index (κ3) is 2.79. The average molecular weight is 248 g/mol. The molecule has 0 aliphatic heterocycles. The van der Waals surface area contributed by atoms with Crippen LogP contribution in [-0.2, 0) is 4.79 Å². The minimum absolute atomic E-state index is 0.0340. The van der Waals surface area contributed by atoms with Crippen LogP contribution in [0.4, 0.5) is 11.5 Å². The molecular weight excluding hydrogens is 228 g/mol. The lowest BCUT2D eigenvalue weighted by Crippen LogP contribution is -2.49. The summed E-state index contributed by atoms with van der Waals surface area (Å²) in [5.74, 6) is 0.721. The molecule has 0 atom stereocenters. The zero-order chi connectivity index (χ0) is 13.2. The molecule has 1 aromatic heterocycles. The number of hydrogen-bond donors (Lipinski definition) is 2. The Morgan fingerprint density at radius 1 is 1.56 bits per heavy atom. The highest BCUT2D eigenvalue weighted by Gasteiger charge is 2.34. The van der Waals surface area contributed by atoms with Gasteiger partial charge in [-0.3, -0.25) is 4.79 Å². The van der Waals surface area contributed by atoms with Crippen molar-refractivity contribution in [3.63, 3.8) is 0 Å². The molecule has 0 saturated heterocycles. The number of nitrogens with one attached hydrogen (secondary N) is 1. The van der Waals surface area contributed by atoms with Crippen molar-refractivity contribution in [1.82, 2.24) is 4.98 Å². The SMILES string of the molecule is CN(C)c1ncccc1NC(=O)CC1(N)CCC1. The van der Waals surface area contributed by atoms with E-state index >= 15 is 0 Å². The molecule has 1 aliphatic carbocycles. The molecule has 1 heterocycles. The van der Waals surface area contributed by atoms with E-state index in [1.54, 1.807) is 6.20 Å². The summed E-state index contributed by atoms with van der Waals surface area (Å²) in [6.45, 7) is 0. The molecule has 0 spiro atoms. The number of carbonyl (C=O) groups excluding carboxylic acids is 1. The highest BCUT2D eigenvalue weighted by Crippen LogP contribution is 2.32. The molecule has 0 aromatic carbocycles. The molecular formula is C13H20N4O. The Labute approximate surface area is 107 Å². The predicted octanol–water partition coefficient (Wildman–Crippen LogP) is 1.36. The fourth-order valence-corrected chi connectivity index (χ4v) is 2.17. The minimum atomic E-state index is -0.287. The molecule has 1 aromatic rings. The van der Waals surface area contributed by atoms with Gasteiger partial charge in [0, 0.05) is 32.3 Å². The van der Waals surface area contributed by atoms with Crippen LogP contribution in [0.3, 0.4) is 0 Å². The number of rotatable bonds is 4. The van der Waals surface area contributed by atoms with Crippen LogP contribution in [0.1, 0.15) is 25.7 Å². The van der Waals surface area contributed by atoms with Gasteiger partial charge < -0.3 is 16.0 Å². The lowest BCUT2D eigenvalue weighted by molar-refractivity contribution is -0.118. The normalized spacial score (nSPS) is 16.8. The Balaban J connectivity index is 2.02. The van der Waals surface area contributed by atoms with Crippen LogP contribution in [0.15, 0.2) is 18.3 Å². The van der Waals surface area contributed by atoms with Crippen LogP contribution in [0.5, 0.6) is 0 Å².